The standard InChI is InChI=1S/C21H20N2O3S/c1-21(2)10-15-19(16(24)11-21)27-20(22-15)23-18(25)12-26-17-9-5-7-13-6-3-4-8-14(13)17/h3-9H,10-12H2,1-2H3,(H,22,23,25). The van der Waals surface area contributed by atoms with Crippen molar-refractivity contribution >= 4 is 38.9 Å². The van der Waals surface area contributed by atoms with Crippen LogP contribution in [0.5, 0.6) is 5.75 Å². The molecule has 0 saturated carbocycles. The van der Waals surface area contributed by atoms with Crippen LogP contribution in [0.3, 0.4) is 0 Å². The van der Waals surface area contributed by atoms with E-state index < -0.39 is 0 Å². The number of Topliss-reactive ketones (excluding diaryl/α,β-unsaturated/α-hetero) is 1. The number of aromatic nitrogens is 1. The summed E-state index contributed by atoms with van der Waals surface area (Å²) in [7, 11) is 0. The number of carbonyl (C=O) groups is 2. The number of nitrogens with zero attached hydrogens (tertiary/aromatic N) is 1. The molecule has 138 valence electrons. The Morgan fingerprint density at radius 3 is 2.81 bits per heavy atom. The topological polar surface area (TPSA) is 68.3 Å². The van der Waals surface area contributed by atoms with Gasteiger partial charge in [-0.3, -0.25) is 14.9 Å². The number of ether oxygens (including phenoxy) is 1. The summed E-state index contributed by atoms with van der Waals surface area (Å²) in [6.07, 6.45) is 1.26. The second-order valence-corrected chi connectivity index (χ2v) is 8.55. The smallest absolute Gasteiger partial charge is 0.264 e. The third-order valence-electron chi connectivity index (χ3n) is 4.59. The minimum Gasteiger partial charge on any atom is -0.483 e. The van der Waals surface area contributed by atoms with Crippen molar-refractivity contribution < 1.29 is 14.3 Å². The van der Waals surface area contributed by atoms with Crippen molar-refractivity contribution in [1.29, 1.82) is 0 Å². The minimum atomic E-state index is -0.291. The summed E-state index contributed by atoms with van der Waals surface area (Å²) in [6.45, 7) is 4.00. The van der Waals surface area contributed by atoms with E-state index in [0.717, 1.165) is 22.9 Å². The van der Waals surface area contributed by atoms with Crippen LogP contribution in [0.4, 0.5) is 5.13 Å². The Morgan fingerprint density at radius 2 is 1.96 bits per heavy atom. The van der Waals surface area contributed by atoms with Crippen molar-refractivity contribution in [2.45, 2.75) is 26.7 Å². The Bertz CT molecular complexity index is 1030. The maximum absolute atomic E-state index is 12.3. The van der Waals surface area contributed by atoms with Gasteiger partial charge in [0.1, 0.15) is 5.75 Å². The van der Waals surface area contributed by atoms with Gasteiger partial charge in [0.05, 0.1) is 10.6 Å². The number of nitrogens with one attached hydrogen (secondary N) is 1. The number of ketones is 1. The lowest BCUT2D eigenvalue weighted by Gasteiger charge is -2.26. The lowest BCUT2D eigenvalue weighted by atomic mass is 9.78. The molecule has 0 bridgehead atoms. The number of hydrogen-bond acceptors (Lipinski definition) is 5. The number of amides is 1. The number of benzene rings is 2. The maximum Gasteiger partial charge on any atom is 0.264 e. The second-order valence-electron chi connectivity index (χ2n) is 7.55. The number of hydrogen-bond donors (Lipinski definition) is 1. The van der Waals surface area contributed by atoms with Crippen molar-refractivity contribution in [1.82, 2.24) is 4.98 Å². The zero-order chi connectivity index (χ0) is 19.0. The largest absolute Gasteiger partial charge is 0.483 e. The number of anilines is 1. The number of thiazole rings is 1. The SMILES string of the molecule is CC1(C)CC(=O)c2sc(NC(=O)COc3cccc4ccccc34)nc2C1. The van der Waals surface area contributed by atoms with E-state index in [1.165, 1.54) is 11.3 Å². The van der Waals surface area contributed by atoms with Crippen molar-refractivity contribution in [3.63, 3.8) is 0 Å². The van der Waals surface area contributed by atoms with Crippen LogP contribution < -0.4 is 10.1 Å². The van der Waals surface area contributed by atoms with Crippen molar-refractivity contribution in [3.8, 4) is 5.75 Å². The molecule has 0 unspecified atom stereocenters. The van der Waals surface area contributed by atoms with Crippen LogP contribution in [-0.4, -0.2) is 23.3 Å². The first-order valence-corrected chi connectivity index (χ1v) is 9.66. The van der Waals surface area contributed by atoms with Crippen molar-refractivity contribution in [3.05, 3.63) is 53.0 Å². The fraction of sp³-hybridized carbons (Fsp3) is 0.286. The molecule has 0 spiro atoms. The fourth-order valence-electron chi connectivity index (χ4n) is 3.39. The number of carbonyl (C=O) groups excluding carboxylic acids is 2. The first kappa shape index (κ1) is 17.7. The summed E-state index contributed by atoms with van der Waals surface area (Å²) >= 11 is 1.25. The molecule has 5 nitrogen and oxygen atoms in total. The Labute approximate surface area is 161 Å². The molecule has 0 fully saturated rings. The van der Waals surface area contributed by atoms with E-state index in [1.807, 2.05) is 42.5 Å². The van der Waals surface area contributed by atoms with E-state index in [-0.39, 0.29) is 23.7 Å². The van der Waals surface area contributed by atoms with Crippen LogP contribution >= 0.6 is 11.3 Å². The van der Waals surface area contributed by atoms with E-state index in [1.54, 1.807) is 0 Å². The average Bonchev–Trinajstić information content (AvgIpc) is 3.01. The van der Waals surface area contributed by atoms with Gasteiger partial charge in [0.25, 0.3) is 5.91 Å². The Kier molecular flexibility index (Phi) is 4.44. The van der Waals surface area contributed by atoms with Gasteiger partial charge in [-0.05, 0) is 23.3 Å². The van der Waals surface area contributed by atoms with Crippen LogP contribution in [0.25, 0.3) is 10.8 Å². The molecule has 0 saturated heterocycles. The monoisotopic (exact) mass is 380 g/mol. The van der Waals surface area contributed by atoms with E-state index in [4.69, 9.17) is 4.74 Å². The molecule has 0 atom stereocenters. The zero-order valence-electron chi connectivity index (χ0n) is 15.2. The highest BCUT2D eigenvalue weighted by Crippen LogP contribution is 2.38. The van der Waals surface area contributed by atoms with Gasteiger partial charge in [-0.15, -0.1) is 0 Å². The van der Waals surface area contributed by atoms with E-state index in [2.05, 4.69) is 24.1 Å². The highest BCUT2D eigenvalue weighted by atomic mass is 32.1. The lowest BCUT2D eigenvalue weighted by Crippen LogP contribution is -2.26. The molecule has 1 aliphatic rings. The molecule has 2 aromatic carbocycles. The normalized spacial score (nSPS) is 15.4. The van der Waals surface area contributed by atoms with E-state index >= 15 is 0 Å². The summed E-state index contributed by atoms with van der Waals surface area (Å²) in [5.41, 5.74) is 0.697. The van der Waals surface area contributed by atoms with Gasteiger partial charge in [-0.1, -0.05) is 61.6 Å². The highest BCUT2D eigenvalue weighted by Gasteiger charge is 2.34. The fourth-order valence-corrected chi connectivity index (χ4v) is 4.33. The Balaban J connectivity index is 1.44. The van der Waals surface area contributed by atoms with Gasteiger partial charge in [0.15, 0.2) is 17.5 Å². The molecule has 1 amide bonds. The summed E-state index contributed by atoms with van der Waals surface area (Å²) in [4.78, 5) is 29.7. The highest BCUT2D eigenvalue weighted by molar-refractivity contribution is 7.17. The van der Waals surface area contributed by atoms with Gasteiger partial charge in [-0.2, -0.15) is 0 Å². The Morgan fingerprint density at radius 1 is 1.19 bits per heavy atom. The van der Waals surface area contributed by atoms with Gasteiger partial charge in [0.2, 0.25) is 0 Å². The molecule has 4 rings (SSSR count). The molecule has 0 aliphatic heterocycles. The number of fused-ring (bicyclic) bond motifs is 2. The quantitative estimate of drug-likeness (QED) is 0.725. The van der Waals surface area contributed by atoms with E-state index in [0.29, 0.717) is 22.2 Å². The van der Waals surface area contributed by atoms with Gasteiger partial charge < -0.3 is 4.74 Å². The lowest BCUT2D eigenvalue weighted by molar-refractivity contribution is -0.118. The van der Waals surface area contributed by atoms with Crippen LogP contribution in [0.15, 0.2) is 42.5 Å². The molecule has 1 aliphatic carbocycles. The van der Waals surface area contributed by atoms with Crippen LogP contribution in [-0.2, 0) is 11.2 Å². The first-order chi connectivity index (χ1) is 12.9. The van der Waals surface area contributed by atoms with Gasteiger partial charge in [-0.25, -0.2) is 4.98 Å². The summed E-state index contributed by atoms with van der Waals surface area (Å²) < 4.78 is 5.71. The Hall–Kier alpha value is -2.73. The second kappa shape index (κ2) is 6.78. The van der Waals surface area contributed by atoms with Crippen molar-refractivity contribution in [2.24, 2.45) is 5.41 Å². The molecule has 27 heavy (non-hydrogen) atoms. The molecular formula is C21H20N2O3S. The predicted molar refractivity (Wildman–Crippen MR) is 107 cm³/mol. The van der Waals surface area contributed by atoms with Crippen molar-refractivity contribution in [2.75, 3.05) is 11.9 Å². The molecule has 6 heteroatoms. The average molecular weight is 380 g/mol. The number of rotatable bonds is 4. The third kappa shape index (κ3) is 3.71. The van der Waals surface area contributed by atoms with Gasteiger partial charge >= 0.3 is 0 Å². The zero-order valence-corrected chi connectivity index (χ0v) is 16.1. The minimum absolute atomic E-state index is 0.0864. The maximum atomic E-state index is 12.3. The molecule has 0 radical (unpaired) electrons. The van der Waals surface area contributed by atoms with Gasteiger partial charge in [0, 0.05) is 11.8 Å². The molecule has 3 aromatic rings. The summed E-state index contributed by atoms with van der Waals surface area (Å²) in [6, 6.07) is 13.6. The van der Waals surface area contributed by atoms with Crippen LogP contribution in [0, 0.1) is 5.41 Å². The third-order valence-corrected chi connectivity index (χ3v) is 5.64. The molecule has 1 N–H and O–H groups in total. The molecule has 1 heterocycles. The van der Waals surface area contributed by atoms with Crippen LogP contribution in [0.1, 0.15) is 35.6 Å². The summed E-state index contributed by atoms with van der Waals surface area (Å²) in [5, 5.41) is 5.24. The molecule has 1 aromatic heterocycles. The predicted octanol–water partition coefficient (Wildman–Crippen LogP) is 4.47. The molecular weight excluding hydrogens is 360 g/mol. The first-order valence-electron chi connectivity index (χ1n) is 8.85. The van der Waals surface area contributed by atoms with Crippen LogP contribution in [0.2, 0.25) is 0 Å². The van der Waals surface area contributed by atoms with E-state index in [9.17, 15) is 9.59 Å². The summed E-state index contributed by atoms with van der Waals surface area (Å²) in [5.74, 6) is 0.477.